The summed E-state index contributed by atoms with van der Waals surface area (Å²) < 4.78 is 0. The molecular formula is H4S4Sr. The molecular weight excluding hydrogens is 216 g/mol. The molecule has 30 valence electrons. The molecule has 0 aliphatic carbocycles. The van der Waals surface area contributed by atoms with Gasteiger partial charge in [0.05, 0.1) is 0 Å². The molecule has 0 bridgehead atoms. The van der Waals surface area contributed by atoms with Gasteiger partial charge in [-0.3, -0.25) is 0 Å². The molecule has 0 aromatic rings. The van der Waals surface area contributed by atoms with E-state index in [2.05, 4.69) is 23.3 Å². The molecule has 0 aliphatic heterocycles. The van der Waals surface area contributed by atoms with E-state index in [0.29, 0.717) is 0 Å². The zero-order valence-electron chi connectivity index (χ0n) is 1.71. The quantitative estimate of drug-likeness (QED) is 0.386. The minimum absolute atomic E-state index is 0. The fourth-order valence-electron chi connectivity index (χ4n) is 0. The molecule has 0 atom stereocenters. The Morgan fingerprint density at radius 1 is 1.00 bits per heavy atom. The fourth-order valence-corrected chi connectivity index (χ4v) is 0. The van der Waals surface area contributed by atoms with Crippen LogP contribution in [0.4, 0.5) is 0 Å². The van der Waals surface area contributed by atoms with Crippen LogP contribution < -0.4 is 0 Å². The summed E-state index contributed by atoms with van der Waals surface area (Å²) in [6, 6.07) is 0. The van der Waals surface area contributed by atoms with Gasteiger partial charge in [-0.25, -0.2) is 0 Å². The van der Waals surface area contributed by atoms with Crippen molar-refractivity contribution in [3.05, 3.63) is 0 Å². The van der Waals surface area contributed by atoms with Crippen molar-refractivity contribution in [3.63, 3.8) is 0 Å². The Hall–Kier alpha value is 2.88. The minimum atomic E-state index is 0. The van der Waals surface area contributed by atoms with E-state index in [0.717, 1.165) is 0 Å². The van der Waals surface area contributed by atoms with Crippen molar-refractivity contribution in [3.8, 4) is 0 Å². The first-order valence-corrected chi connectivity index (χ1v) is 4.79. The number of rotatable bonds is 1. The van der Waals surface area contributed by atoms with E-state index in [1.165, 1.54) is 19.7 Å². The van der Waals surface area contributed by atoms with Gasteiger partial charge in [-0.15, -0.1) is 0 Å². The molecule has 0 saturated heterocycles. The Kier molecular flexibility index (Phi) is 21.6. The summed E-state index contributed by atoms with van der Waals surface area (Å²) in [5, 5.41) is 0. The normalized spacial score (nSPS) is 6.00. The number of hydrogen-bond acceptors (Lipinski definition) is 4. The molecule has 0 unspecified atom stereocenters. The van der Waals surface area contributed by atoms with Crippen LogP contribution >= 0.6 is 43.0 Å². The molecule has 0 nitrogen and oxygen atoms in total. The molecule has 0 saturated carbocycles. The van der Waals surface area contributed by atoms with Crippen molar-refractivity contribution >= 4 is 88.5 Å². The van der Waals surface area contributed by atoms with Gasteiger partial charge in [0.1, 0.15) is 0 Å². The standard InChI is InChI=1S/H2S4.Sr.2H/c1-3-4-2;;;/h1-2H;;;. The van der Waals surface area contributed by atoms with E-state index in [9.17, 15) is 0 Å². The Morgan fingerprint density at radius 3 is 1.20 bits per heavy atom. The molecule has 0 fully saturated rings. The van der Waals surface area contributed by atoms with E-state index >= 15 is 0 Å². The fraction of sp³-hybridized carbons (Fsp3) is 0. The molecule has 5 heavy (non-hydrogen) atoms. The number of thiol groups is 2. The van der Waals surface area contributed by atoms with Gasteiger partial charge in [0, 0.05) is 0 Å². The van der Waals surface area contributed by atoms with Crippen LogP contribution in [-0.4, -0.2) is 45.5 Å². The van der Waals surface area contributed by atoms with Crippen LogP contribution in [0.1, 0.15) is 0 Å². The molecule has 0 rings (SSSR count). The van der Waals surface area contributed by atoms with Gasteiger partial charge in [0.25, 0.3) is 0 Å². The van der Waals surface area contributed by atoms with Gasteiger partial charge in [0.2, 0.25) is 0 Å². The van der Waals surface area contributed by atoms with Gasteiger partial charge >= 0.3 is 45.5 Å². The van der Waals surface area contributed by atoms with Gasteiger partial charge in [-0.05, 0) is 19.7 Å². The summed E-state index contributed by atoms with van der Waals surface area (Å²) in [6.07, 6.45) is 0. The Labute approximate surface area is 86.5 Å². The van der Waals surface area contributed by atoms with Crippen LogP contribution in [0.2, 0.25) is 0 Å². The average Bonchev–Trinajstić information content (AvgIpc) is 1.37. The monoisotopic (exact) mass is 220 g/mol. The third-order valence-corrected chi connectivity index (χ3v) is 2.70. The summed E-state index contributed by atoms with van der Waals surface area (Å²) in [5.41, 5.74) is 0. The molecule has 0 spiro atoms. The summed E-state index contributed by atoms with van der Waals surface area (Å²) in [4.78, 5) is 0. The van der Waals surface area contributed by atoms with Crippen LogP contribution in [0.15, 0.2) is 0 Å². The summed E-state index contributed by atoms with van der Waals surface area (Å²) in [7, 11) is 2.66. The molecule has 0 aromatic heterocycles. The summed E-state index contributed by atoms with van der Waals surface area (Å²) in [6.45, 7) is 0. The zero-order chi connectivity index (χ0) is 3.41. The van der Waals surface area contributed by atoms with Crippen LogP contribution in [0.25, 0.3) is 0 Å². The van der Waals surface area contributed by atoms with Crippen LogP contribution in [0.3, 0.4) is 0 Å². The SMILES string of the molecule is SSSS.[SrH2]. The Bertz CT molecular complexity index is 5.61. The van der Waals surface area contributed by atoms with Crippen molar-refractivity contribution in [2.24, 2.45) is 0 Å². The molecule has 5 heteroatoms. The third kappa shape index (κ3) is 10.9. The van der Waals surface area contributed by atoms with Crippen molar-refractivity contribution in [1.29, 1.82) is 0 Å². The van der Waals surface area contributed by atoms with E-state index in [-0.39, 0.29) is 45.5 Å². The van der Waals surface area contributed by atoms with Crippen LogP contribution in [0.5, 0.6) is 0 Å². The van der Waals surface area contributed by atoms with Crippen LogP contribution in [-0.2, 0) is 0 Å². The Balaban J connectivity index is 0. The first kappa shape index (κ1) is 10.8. The number of hydrogen-bond donors (Lipinski definition) is 2. The molecule has 0 aliphatic rings. The second-order valence-electron chi connectivity index (χ2n) is 0.149. The first-order chi connectivity index (χ1) is 1.91. The maximum atomic E-state index is 3.72. The predicted molar refractivity (Wildman–Crippen MR) is 41.7 cm³/mol. The maximum absolute atomic E-state index is 3.72. The summed E-state index contributed by atoms with van der Waals surface area (Å²) >= 11 is 7.45. The molecule has 0 amide bonds. The van der Waals surface area contributed by atoms with Crippen molar-refractivity contribution in [2.75, 3.05) is 0 Å². The van der Waals surface area contributed by atoms with E-state index in [1.54, 1.807) is 0 Å². The van der Waals surface area contributed by atoms with Gasteiger partial charge < -0.3 is 0 Å². The molecule has 0 N–H and O–H groups in total. The van der Waals surface area contributed by atoms with Crippen molar-refractivity contribution in [1.82, 2.24) is 0 Å². The van der Waals surface area contributed by atoms with Crippen molar-refractivity contribution < 1.29 is 0 Å². The predicted octanol–water partition coefficient (Wildman–Crippen LogP) is 1.14. The summed E-state index contributed by atoms with van der Waals surface area (Å²) in [5.74, 6) is 0. The zero-order valence-corrected chi connectivity index (χ0v) is 5.13. The second-order valence-corrected chi connectivity index (χ2v) is 4.02. The van der Waals surface area contributed by atoms with E-state index in [4.69, 9.17) is 0 Å². The van der Waals surface area contributed by atoms with Gasteiger partial charge in [-0.2, -0.15) is 0 Å². The van der Waals surface area contributed by atoms with Crippen molar-refractivity contribution in [2.45, 2.75) is 0 Å². The van der Waals surface area contributed by atoms with Crippen LogP contribution in [0, 0.1) is 0 Å². The molecule has 0 radical (unpaired) electrons. The van der Waals surface area contributed by atoms with Gasteiger partial charge in [-0.1, -0.05) is 23.3 Å². The topological polar surface area (TPSA) is 0 Å². The van der Waals surface area contributed by atoms with E-state index in [1.807, 2.05) is 0 Å². The first-order valence-electron chi connectivity index (χ1n) is 0.532. The van der Waals surface area contributed by atoms with Gasteiger partial charge in [0.15, 0.2) is 0 Å². The Morgan fingerprint density at radius 2 is 1.20 bits per heavy atom. The average molecular weight is 220 g/mol. The van der Waals surface area contributed by atoms with E-state index < -0.39 is 0 Å². The second kappa shape index (κ2) is 9.99. The molecule has 0 aromatic carbocycles. The third-order valence-electron chi connectivity index (χ3n) is 0.0333. The molecule has 0 heterocycles.